The van der Waals surface area contributed by atoms with Crippen LogP contribution in [-0.4, -0.2) is 32.7 Å². The Morgan fingerprint density at radius 3 is 2.94 bits per heavy atom. The molecule has 6 heteroatoms. The Morgan fingerprint density at radius 1 is 1.50 bits per heavy atom. The number of aliphatic hydroxyl groups is 1. The van der Waals surface area contributed by atoms with Gasteiger partial charge in [0.2, 0.25) is 11.2 Å². The van der Waals surface area contributed by atoms with Gasteiger partial charge < -0.3 is 10.4 Å². The molecule has 1 heterocycles. The molecule has 0 spiro atoms. The maximum Gasteiger partial charge on any atom is 0.227 e. The number of aromatic nitrogens is 3. The van der Waals surface area contributed by atoms with Gasteiger partial charge in [-0.2, -0.15) is 4.98 Å². The Labute approximate surface area is 99.3 Å². The lowest BCUT2D eigenvalue weighted by Crippen LogP contribution is -2.18. The van der Waals surface area contributed by atoms with E-state index in [1.807, 2.05) is 0 Å². The quantitative estimate of drug-likeness (QED) is 0.837. The lowest BCUT2D eigenvalue weighted by Gasteiger charge is -2.11. The molecule has 0 aliphatic heterocycles. The summed E-state index contributed by atoms with van der Waals surface area (Å²) in [5.74, 6) is 1.41. The van der Waals surface area contributed by atoms with Gasteiger partial charge in [0, 0.05) is 12.6 Å². The number of hydrogen-bond donors (Lipinski definition) is 2. The van der Waals surface area contributed by atoms with E-state index >= 15 is 0 Å². The largest absolute Gasteiger partial charge is 0.396 e. The Balaban J connectivity index is 1.96. The maximum absolute atomic E-state index is 9.17. The molecule has 1 aliphatic carbocycles. The van der Waals surface area contributed by atoms with Crippen molar-refractivity contribution in [1.82, 2.24) is 15.0 Å². The first-order valence-corrected chi connectivity index (χ1v) is 5.78. The van der Waals surface area contributed by atoms with Crippen molar-refractivity contribution in [2.24, 2.45) is 11.8 Å². The first-order valence-electron chi connectivity index (χ1n) is 5.41. The highest BCUT2D eigenvalue weighted by molar-refractivity contribution is 6.28. The Bertz CT molecular complexity index is 362. The standard InChI is InChI=1S/C10H15ClN4O/c1-6-2-8(3-7(6)4-16)14-10-13-5-12-9(11)15-10/h5-8,16H,2-4H2,1H3,(H,12,13,14,15)/t6-,7+,8-/m0/s1. The van der Waals surface area contributed by atoms with Gasteiger partial charge in [-0.3, -0.25) is 0 Å². The van der Waals surface area contributed by atoms with Gasteiger partial charge in [0.1, 0.15) is 6.33 Å². The van der Waals surface area contributed by atoms with E-state index in [2.05, 4.69) is 27.2 Å². The minimum Gasteiger partial charge on any atom is -0.396 e. The van der Waals surface area contributed by atoms with Crippen LogP contribution >= 0.6 is 11.6 Å². The van der Waals surface area contributed by atoms with Gasteiger partial charge in [0.25, 0.3) is 0 Å². The summed E-state index contributed by atoms with van der Waals surface area (Å²) in [5.41, 5.74) is 0. The van der Waals surface area contributed by atoms with Crippen LogP contribution in [0.5, 0.6) is 0 Å². The van der Waals surface area contributed by atoms with Crippen LogP contribution in [0.4, 0.5) is 5.95 Å². The number of anilines is 1. The molecule has 2 N–H and O–H groups in total. The van der Waals surface area contributed by atoms with E-state index in [0.717, 1.165) is 12.8 Å². The Hall–Kier alpha value is -0.940. The van der Waals surface area contributed by atoms with Crippen molar-refractivity contribution in [2.45, 2.75) is 25.8 Å². The number of nitrogens with zero attached hydrogens (tertiary/aromatic N) is 3. The average molecular weight is 243 g/mol. The molecule has 0 bridgehead atoms. The van der Waals surface area contributed by atoms with Gasteiger partial charge in [0.05, 0.1) is 0 Å². The number of nitrogens with one attached hydrogen (secondary N) is 1. The van der Waals surface area contributed by atoms with Crippen molar-refractivity contribution in [3.8, 4) is 0 Å². The predicted octanol–water partition coefficient (Wildman–Crippen LogP) is 1.34. The van der Waals surface area contributed by atoms with E-state index in [0.29, 0.717) is 23.8 Å². The Kier molecular flexibility index (Phi) is 3.56. The lowest BCUT2D eigenvalue weighted by atomic mass is 10.00. The zero-order valence-corrected chi connectivity index (χ0v) is 9.85. The molecule has 1 saturated carbocycles. The summed E-state index contributed by atoms with van der Waals surface area (Å²) in [4.78, 5) is 11.7. The number of rotatable bonds is 3. The predicted molar refractivity (Wildman–Crippen MR) is 61.2 cm³/mol. The van der Waals surface area contributed by atoms with E-state index in [-0.39, 0.29) is 11.9 Å². The molecular formula is C10H15ClN4O. The molecule has 0 saturated heterocycles. The van der Waals surface area contributed by atoms with Crippen molar-refractivity contribution < 1.29 is 5.11 Å². The van der Waals surface area contributed by atoms with Crippen LogP contribution in [0.2, 0.25) is 5.28 Å². The highest BCUT2D eigenvalue weighted by atomic mass is 35.5. The molecule has 1 aliphatic rings. The molecule has 16 heavy (non-hydrogen) atoms. The summed E-state index contributed by atoms with van der Waals surface area (Å²) in [6.07, 6.45) is 3.36. The van der Waals surface area contributed by atoms with Crippen molar-refractivity contribution in [2.75, 3.05) is 11.9 Å². The van der Waals surface area contributed by atoms with Crippen LogP contribution in [0.3, 0.4) is 0 Å². The fourth-order valence-electron chi connectivity index (χ4n) is 2.24. The smallest absolute Gasteiger partial charge is 0.227 e. The summed E-state index contributed by atoms with van der Waals surface area (Å²) in [5, 5.41) is 12.6. The third-order valence-corrected chi connectivity index (χ3v) is 3.34. The second kappa shape index (κ2) is 4.93. The summed E-state index contributed by atoms with van der Waals surface area (Å²) >= 11 is 5.67. The molecule has 5 nitrogen and oxygen atoms in total. The fourth-order valence-corrected chi connectivity index (χ4v) is 2.36. The molecule has 0 radical (unpaired) electrons. The average Bonchev–Trinajstić information content (AvgIpc) is 2.58. The van der Waals surface area contributed by atoms with Crippen molar-refractivity contribution in [3.63, 3.8) is 0 Å². The molecule has 0 aromatic carbocycles. The van der Waals surface area contributed by atoms with Crippen LogP contribution in [-0.2, 0) is 0 Å². The maximum atomic E-state index is 9.17. The molecule has 1 aromatic rings. The van der Waals surface area contributed by atoms with E-state index in [4.69, 9.17) is 11.6 Å². The SMILES string of the molecule is C[C@H]1C[C@H](Nc2ncnc(Cl)n2)C[C@@H]1CO. The van der Waals surface area contributed by atoms with Crippen LogP contribution in [0.15, 0.2) is 6.33 Å². The van der Waals surface area contributed by atoms with Crippen LogP contribution in [0, 0.1) is 11.8 Å². The minimum absolute atomic E-state index is 0.197. The van der Waals surface area contributed by atoms with Gasteiger partial charge >= 0.3 is 0 Å². The monoisotopic (exact) mass is 242 g/mol. The highest BCUT2D eigenvalue weighted by Gasteiger charge is 2.30. The fraction of sp³-hybridized carbons (Fsp3) is 0.700. The van der Waals surface area contributed by atoms with Gasteiger partial charge in [-0.05, 0) is 36.3 Å². The molecule has 1 aromatic heterocycles. The topological polar surface area (TPSA) is 70.9 Å². The second-order valence-electron chi connectivity index (χ2n) is 4.31. The summed E-state index contributed by atoms with van der Waals surface area (Å²) in [6.45, 7) is 2.40. The van der Waals surface area contributed by atoms with Gasteiger partial charge in [0.15, 0.2) is 0 Å². The summed E-state index contributed by atoms with van der Waals surface area (Å²) < 4.78 is 0. The second-order valence-corrected chi connectivity index (χ2v) is 4.65. The first kappa shape index (κ1) is 11.5. The summed E-state index contributed by atoms with van der Waals surface area (Å²) in [7, 11) is 0. The molecular weight excluding hydrogens is 228 g/mol. The van der Waals surface area contributed by atoms with Crippen LogP contribution in [0.1, 0.15) is 19.8 Å². The molecule has 0 amide bonds. The Morgan fingerprint density at radius 2 is 2.31 bits per heavy atom. The van der Waals surface area contributed by atoms with Gasteiger partial charge in [-0.25, -0.2) is 9.97 Å². The normalized spacial score (nSPS) is 29.3. The minimum atomic E-state index is 0.197. The van der Waals surface area contributed by atoms with Crippen LogP contribution in [0.25, 0.3) is 0 Å². The van der Waals surface area contributed by atoms with E-state index in [1.165, 1.54) is 6.33 Å². The van der Waals surface area contributed by atoms with E-state index < -0.39 is 0 Å². The van der Waals surface area contributed by atoms with Gasteiger partial charge in [-0.15, -0.1) is 0 Å². The zero-order chi connectivity index (χ0) is 11.5. The number of hydrogen-bond acceptors (Lipinski definition) is 5. The summed E-state index contributed by atoms with van der Waals surface area (Å²) in [6, 6.07) is 0.311. The number of aliphatic hydroxyl groups excluding tert-OH is 1. The molecule has 2 rings (SSSR count). The van der Waals surface area contributed by atoms with Crippen molar-refractivity contribution in [3.05, 3.63) is 11.6 Å². The van der Waals surface area contributed by atoms with Crippen LogP contribution < -0.4 is 5.32 Å². The molecule has 1 fully saturated rings. The lowest BCUT2D eigenvalue weighted by molar-refractivity contribution is 0.201. The molecule has 3 atom stereocenters. The molecule has 88 valence electrons. The highest BCUT2D eigenvalue weighted by Crippen LogP contribution is 2.32. The van der Waals surface area contributed by atoms with Crippen molar-refractivity contribution >= 4 is 17.5 Å². The van der Waals surface area contributed by atoms with Crippen molar-refractivity contribution in [1.29, 1.82) is 0 Å². The zero-order valence-electron chi connectivity index (χ0n) is 9.10. The third kappa shape index (κ3) is 2.59. The first-order chi connectivity index (χ1) is 7.69. The van der Waals surface area contributed by atoms with E-state index in [9.17, 15) is 5.11 Å². The van der Waals surface area contributed by atoms with E-state index in [1.54, 1.807) is 0 Å². The van der Waals surface area contributed by atoms with Gasteiger partial charge in [-0.1, -0.05) is 6.92 Å². The number of halogens is 1. The molecule has 0 unspecified atom stereocenters. The third-order valence-electron chi connectivity index (χ3n) is 3.16.